The van der Waals surface area contributed by atoms with Gasteiger partial charge in [0.15, 0.2) is 0 Å². The van der Waals surface area contributed by atoms with Crippen LogP contribution in [0.2, 0.25) is 0 Å². The lowest BCUT2D eigenvalue weighted by molar-refractivity contribution is 0.145. The number of nitrogens with one attached hydrogen (secondary N) is 1. The van der Waals surface area contributed by atoms with Crippen LogP contribution in [0.15, 0.2) is 5.38 Å². The van der Waals surface area contributed by atoms with Gasteiger partial charge >= 0.3 is 0 Å². The van der Waals surface area contributed by atoms with E-state index in [0.29, 0.717) is 0 Å². The van der Waals surface area contributed by atoms with Gasteiger partial charge in [-0.2, -0.15) is 0 Å². The molecule has 0 radical (unpaired) electrons. The largest absolute Gasteiger partial charge is 0.382 e. The summed E-state index contributed by atoms with van der Waals surface area (Å²) in [5, 5.41) is 6.68. The third-order valence-corrected chi connectivity index (χ3v) is 2.89. The highest BCUT2D eigenvalue weighted by Gasteiger charge is 1.97. The van der Waals surface area contributed by atoms with Crippen molar-refractivity contribution in [1.29, 1.82) is 0 Å². The molecule has 4 heteroatoms. The molecule has 0 aliphatic carbocycles. The van der Waals surface area contributed by atoms with Crippen molar-refractivity contribution in [2.45, 2.75) is 26.7 Å². The molecule has 0 atom stereocenters. The van der Waals surface area contributed by atoms with E-state index in [1.807, 2.05) is 13.8 Å². The van der Waals surface area contributed by atoms with E-state index in [2.05, 4.69) is 15.7 Å². The zero-order valence-corrected chi connectivity index (χ0v) is 10.4. The number of ether oxygens (including phenoxy) is 1. The van der Waals surface area contributed by atoms with Crippen LogP contribution >= 0.6 is 11.3 Å². The lowest BCUT2D eigenvalue weighted by atomic mass is 10.3. The molecule has 0 amide bonds. The minimum atomic E-state index is 0.818. The van der Waals surface area contributed by atoms with E-state index in [0.717, 1.165) is 44.2 Å². The van der Waals surface area contributed by atoms with Crippen LogP contribution in [-0.4, -0.2) is 31.3 Å². The van der Waals surface area contributed by atoms with Crippen LogP contribution in [0.5, 0.6) is 0 Å². The lowest BCUT2D eigenvalue weighted by Gasteiger charge is -2.03. The van der Waals surface area contributed by atoms with Crippen LogP contribution in [0.4, 0.5) is 0 Å². The minimum absolute atomic E-state index is 0.818. The SMILES string of the molecule is CCOCCCNCCc1csc(C)n1. The van der Waals surface area contributed by atoms with E-state index in [9.17, 15) is 0 Å². The van der Waals surface area contributed by atoms with Crippen molar-refractivity contribution >= 4 is 11.3 Å². The summed E-state index contributed by atoms with van der Waals surface area (Å²) in [6.07, 6.45) is 2.11. The number of aryl methyl sites for hydroxylation is 1. The monoisotopic (exact) mass is 228 g/mol. The molecule has 0 fully saturated rings. The molecule has 0 aliphatic heterocycles. The first-order valence-corrected chi connectivity index (χ1v) is 6.40. The summed E-state index contributed by atoms with van der Waals surface area (Å²) in [4.78, 5) is 4.41. The molecule has 1 rings (SSSR count). The maximum Gasteiger partial charge on any atom is 0.0897 e. The van der Waals surface area contributed by atoms with E-state index >= 15 is 0 Å². The normalized spacial score (nSPS) is 10.8. The summed E-state index contributed by atoms with van der Waals surface area (Å²) < 4.78 is 5.25. The molecule has 1 aromatic rings. The van der Waals surface area contributed by atoms with Crippen LogP contribution in [0, 0.1) is 6.92 Å². The molecular weight excluding hydrogens is 208 g/mol. The quantitative estimate of drug-likeness (QED) is 0.691. The fourth-order valence-electron chi connectivity index (χ4n) is 1.31. The number of rotatable bonds is 8. The molecular formula is C11H20N2OS. The predicted octanol–water partition coefficient (Wildman–Crippen LogP) is 2.01. The molecule has 1 heterocycles. The molecule has 0 unspecified atom stereocenters. The second-order valence-corrected chi connectivity index (χ2v) is 4.47. The molecule has 86 valence electrons. The minimum Gasteiger partial charge on any atom is -0.382 e. The van der Waals surface area contributed by atoms with Crippen molar-refractivity contribution in [3.05, 3.63) is 16.1 Å². The van der Waals surface area contributed by atoms with Crippen molar-refractivity contribution in [2.24, 2.45) is 0 Å². The lowest BCUT2D eigenvalue weighted by Crippen LogP contribution is -2.19. The van der Waals surface area contributed by atoms with Crippen LogP contribution < -0.4 is 5.32 Å². The van der Waals surface area contributed by atoms with Crippen molar-refractivity contribution in [2.75, 3.05) is 26.3 Å². The van der Waals surface area contributed by atoms with E-state index in [-0.39, 0.29) is 0 Å². The predicted molar refractivity (Wildman–Crippen MR) is 64.5 cm³/mol. The van der Waals surface area contributed by atoms with Gasteiger partial charge in [-0.15, -0.1) is 11.3 Å². The first-order chi connectivity index (χ1) is 7.33. The fraction of sp³-hybridized carbons (Fsp3) is 0.727. The second-order valence-electron chi connectivity index (χ2n) is 3.41. The summed E-state index contributed by atoms with van der Waals surface area (Å²) in [7, 11) is 0. The Bertz CT molecular complexity index is 263. The Morgan fingerprint density at radius 3 is 3.00 bits per heavy atom. The third kappa shape index (κ3) is 5.87. The van der Waals surface area contributed by atoms with Crippen molar-refractivity contribution in [3.8, 4) is 0 Å². The topological polar surface area (TPSA) is 34.1 Å². The summed E-state index contributed by atoms with van der Waals surface area (Å²) in [5.74, 6) is 0. The van der Waals surface area contributed by atoms with E-state index in [4.69, 9.17) is 4.74 Å². The molecule has 15 heavy (non-hydrogen) atoms. The molecule has 3 nitrogen and oxygen atoms in total. The first kappa shape index (κ1) is 12.6. The second kappa shape index (κ2) is 7.79. The molecule has 1 N–H and O–H groups in total. The Kier molecular flexibility index (Phi) is 6.55. The average molecular weight is 228 g/mol. The summed E-state index contributed by atoms with van der Waals surface area (Å²) in [5.41, 5.74) is 1.20. The maximum atomic E-state index is 5.25. The highest BCUT2D eigenvalue weighted by molar-refractivity contribution is 7.09. The van der Waals surface area contributed by atoms with E-state index in [1.165, 1.54) is 5.69 Å². The number of hydrogen-bond donors (Lipinski definition) is 1. The van der Waals surface area contributed by atoms with Gasteiger partial charge in [0.2, 0.25) is 0 Å². The summed E-state index contributed by atoms with van der Waals surface area (Å²) in [6, 6.07) is 0. The standard InChI is InChI=1S/C11H20N2OS/c1-3-14-8-4-6-12-7-5-11-9-15-10(2)13-11/h9,12H,3-8H2,1-2H3. The van der Waals surface area contributed by atoms with Gasteiger partial charge < -0.3 is 10.1 Å². The Morgan fingerprint density at radius 2 is 2.33 bits per heavy atom. The van der Waals surface area contributed by atoms with Gasteiger partial charge in [0.1, 0.15) is 0 Å². The number of nitrogens with zero attached hydrogens (tertiary/aromatic N) is 1. The highest BCUT2D eigenvalue weighted by Crippen LogP contribution is 2.07. The summed E-state index contributed by atoms with van der Waals surface area (Å²) >= 11 is 1.72. The molecule has 0 spiro atoms. The first-order valence-electron chi connectivity index (χ1n) is 5.52. The van der Waals surface area contributed by atoms with Gasteiger partial charge in [-0.05, 0) is 26.8 Å². The number of thiazole rings is 1. The number of aromatic nitrogens is 1. The van der Waals surface area contributed by atoms with Crippen molar-refractivity contribution in [1.82, 2.24) is 10.3 Å². The molecule has 0 bridgehead atoms. The van der Waals surface area contributed by atoms with Crippen molar-refractivity contribution in [3.63, 3.8) is 0 Å². The number of hydrogen-bond acceptors (Lipinski definition) is 4. The highest BCUT2D eigenvalue weighted by atomic mass is 32.1. The van der Waals surface area contributed by atoms with Crippen LogP contribution in [0.1, 0.15) is 24.0 Å². The summed E-state index contributed by atoms with van der Waals surface area (Å²) in [6.45, 7) is 7.79. The Morgan fingerprint density at radius 1 is 1.47 bits per heavy atom. The van der Waals surface area contributed by atoms with Gasteiger partial charge in [-0.25, -0.2) is 4.98 Å². The zero-order chi connectivity index (χ0) is 10.9. The third-order valence-electron chi connectivity index (χ3n) is 2.07. The Balaban J connectivity index is 1.93. The van der Waals surface area contributed by atoms with Gasteiger partial charge in [-0.1, -0.05) is 0 Å². The molecule has 0 saturated carbocycles. The Hall–Kier alpha value is -0.450. The maximum absolute atomic E-state index is 5.25. The molecule has 1 aromatic heterocycles. The molecule has 0 aliphatic rings. The van der Waals surface area contributed by atoms with Crippen LogP contribution in [0.3, 0.4) is 0 Å². The molecule has 0 saturated heterocycles. The van der Waals surface area contributed by atoms with E-state index in [1.54, 1.807) is 11.3 Å². The van der Waals surface area contributed by atoms with E-state index < -0.39 is 0 Å². The smallest absolute Gasteiger partial charge is 0.0897 e. The van der Waals surface area contributed by atoms with Gasteiger partial charge in [0.05, 0.1) is 10.7 Å². The van der Waals surface area contributed by atoms with Gasteiger partial charge in [0, 0.05) is 31.6 Å². The average Bonchev–Trinajstić information content (AvgIpc) is 2.63. The van der Waals surface area contributed by atoms with Crippen LogP contribution in [-0.2, 0) is 11.2 Å². The Labute approximate surface area is 95.9 Å². The van der Waals surface area contributed by atoms with Gasteiger partial charge in [-0.3, -0.25) is 0 Å². The van der Waals surface area contributed by atoms with Crippen LogP contribution in [0.25, 0.3) is 0 Å². The fourth-order valence-corrected chi connectivity index (χ4v) is 1.96. The van der Waals surface area contributed by atoms with Crippen molar-refractivity contribution < 1.29 is 4.74 Å². The molecule has 0 aromatic carbocycles. The zero-order valence-electron chi connectivity index (χ0n) is 9.58. The van der Waals surface area contributed by atoms with Gasteiger partial charge in [0.25, 0.3) is 0 Å².